The molecule has 1 aromatic rings. The molecule has 0 unspecified atom stereocenters. The lowest BCUT2D eigenvalue weighted by Gasteiger charge is -2.21. The minimum atomic E-state index is -0.603. The normalized spacial score (nSPS) is 15.4. The van der Waals surface area contributed by atoms with E-state index in [0.29, 0.717) is 6.42 Å². The molecule has 0 aromatic heterocycles. The molecule has 0 saturated heterocycles. The Labute approximate surface area is 84.4 Å². The van der Waals surface area contributed by atoms with Gasteiger partial charge in [-0.25, -0.2) is 0 Å². The minimum Gasteiger partial charge on any atom is -0.390 e. The van der Waals surface area contributed by atoms with Crippen LogP contribution in [0.1, 0.15) is 25.8 Å². The van der Waals surface area contributed by atoms with E-state index in [2.05, 4.69) is 0 Å². The van der Waals surface area contributed by atoms with Crippen molar-refractivity contribution in [2.24, 2.45) is 0 Å². The largest absolute Gasteiger partial charge is 0.390 e. The van der Waals surface area contributed by atoms with E-state index in [1.165, 1.54) is 0 Å². The van der Waals surface area contributed by atoms with E-state index in [1.54, 1.807) is 0 Å². The van der Waals surface area contributed by atoms with Crippen molar-refractivity contribution < 1.29 is 5.11 Å². The Morgan fingerprint density at radius 1 is 1.31 bits per heavy atom. The Balaban J connectivity index is 2.69. The number of rotatable bonds is 3. The van der Waals surface area contributed by atoms with E-state index in [1.807, 2.05) is 38.1 Å². The first-order valence-corrected chi connectivity index (χ1v) is 4.88. The SMILES string of the molecule is CC[C@](C)(O)Cc1ccc(Cl)cc1. The van der Waals surface area contributed by atoms with Crippen LogP contribution in [0.4, 0.5) is 0 Å². The highest BCUT2D eigenvalue weighted by molar-refractivity contribution is 6.30. The van der Waals surface area contributed by atoms with Gasteiger partial charge in [-0.3, -0.25) is 0 Å². The monoisotopic (exact) mass is 198 g/mol. The number of benzene rings is 1. The predicted octanol–water partition coefficient (Wildman–Crippen LogP) is 3.04. The fourth-order valence-electron chi connectivity index (χ4n) is 1.17. The molecule has 0 aliphatic rings. The number of hydrogen-bond donors (Lipinski definition) is 1. The van der Waals surface area contributed by atoms with Gasteiger partial charge >= 0.3 is 0 Å². The van der Waals surface area contributed by atoms with Crippen molar-refractivity contribution in [2.75, 3.05) is 0 Å². The molecule has 0 aliphatic carbocycles. The van der Waals surface area contributed by atoms with Gasteiger partial charge in [-0.2, -0.15) is 0 Å². The van der Waals surface area contributed by atoms with Crippen LogP contribution in [0.2, 0.25) is 5.02 Å². The molecule has 1 nitrogen and oxygen atoms in total. The Bertz CT molecular complexity index is 264. The van der Waals surface area contributed by atoms with Crippen molar-refractivity contribution in [1.82, 2.24) is 0 Å². The van der Waals surface area contributed by atoms with Crippen LogP contribution in [-0.2, 0) is 6.42 Å². The van der Waals surface area contributed by atoms with Crippen LogP contribution in [0.3, 0.4) is 0 Å². The molecular weight excluding hydrogens is 184 g/mol. The van der Waals surface area contributed by atoms with Crippen LogP contribution in [0, 0.1) is 0 Å². The van der Waals surface area contributed by atoms with Crippen molar-refractivity contribution in [3.63, 3.8) is 0 Å². The molecule has 0 amide bonds. The van der Waals surface area contributed by atoms with Gasteiger partial charge < -0.3 is 5.11 Å². The van der Waals surface area contributed by atoms with Crippen molar-refractivity contribution in [3.8, 4) is 0 Å². The molecule has 0 spiro atoms. The first-order chi connectivity index (χ1) is 6.03. The number of hydrogen-bond acceptors (Lipinski definition) is 1. The molecular formula is C11H15ClO. The highest BCUT2D eigenvalue weighted by Crippen LogP contribution is 2.18. The van der Waals surface area contributed by atoms with E-state index in [0.717, 1.165) is 17.0 Å². The summed E-state index contributed by atoms with van der Waals surface area (Å²) in [7, 11) is 0. The highest BCUT2D eigenvalue weighted by Gasteiger charge is 2.17. The Morgan fingerprint density at radius 2 is 1.85 bits per heavy atom. The second kappa shape index (κ2) is 4.12. The van der Waals surface area contributed by atoms with Gasteiger partial charge in [-0.1, -0.05) is 30.7 Å². The summed E-state index contributed by atoms with van der Waals surface area (Å²) in [6.07, 6.45) is 1.44. The Kier molecular flexibility index (Phi) is 3.34. The summed E-state index contributed by atoms with van der Waals surface area (Å²) in [6, 6.07) is 7.60. The third-order valence-electron chi connectivity index (χ3n) is 2.26. The molecule has 0 bridgehead atoms. The zero-order chi connectivity index (χ0) is 9.90. The lowest BCUT2D eigenvalue weighted by molar-refractivity contribution is 0.0564. The molecule has 72 valence electrons. The maximum atomic E-state index is 9.81. The molecule has 0 heterocycles. The highest BCUT2D eigenvalue weighted by atomic mass is 35.5. The van der Waals surface area contributed by atoms with Crippen LogP contribution in [0.5, 0.6) is 0 Å². The summed E-state index contributed by atoms with van der Waals surface area (Å²) in [4.78, 5) is 0. The first kappa shape index (κ1) is 10.6. The zero-order valence-electron chi connectivity index (χ0n) is 8.05. The van der Waals surface area contributed by atoms with Gasteiger partial charge in [0.1, 0.15) is 0 Å². The van der Waals surface area contributed by atoms with Gasteiger partial charge in [0.05, 0.1) is 5.60 Å². The van der Waals surface area contributed by atoms with Gasteiger partial charge in [-0.15, -0.1) is 0 Å². The Morgan fingerprint density at radius 3 is 2.31 bits per heavy atom. The average molecular weight is 199 g/mol. The van der Waals surface area contributed by atoms with Gasteiger partial charge in [0, 0.05) is 11.4 Å². The molecule has 0 fully saturated rings. The van der Waals surface area contributed by atoms with Gasteiger partial charge in [0.25, 0.3) is 0 Å². The van der Waals surface area contributed by atoms with Gasteiger partial charge in [-0.05, 0) is 31.0 Å². The lowest BCUT2D eigenvalue weighted by atomic mass is 9.94. The summed E-state index contributed by atoms with van der Waals surface area (Å²) in [5.74, 6) is 0. The summed E-state index contributed by atoms with van der Waals surface area (Å²) >= 11 is 5.75. The standard InChI is InChI=1S/C11H15ClO/c1-3-11(2,13)8-9-4-6-10(12)7-5-9/h4-7,13H,3,8H2,1-2H3/t11-/m0/s1. The molecule has 1 rings (SSSR count). The van der Waals surface area contributed by atoms with Crippen molar-refractivity contribution >= 4 is 11.6 Å². The topological polar surface area (TPSA) is 20.2 Å². The van der Waals surface area contributed by atoms with E-state index in [-0.39, 0.29) is 0 Å². The van der Waals surface area contributed by atoms with E-state index >= 15 is 0 Å². The maximum absolute atomic E-state index is 9.81. The maximum Gasteiger partial charge on any atom is 0.0657 e. The molecule has 1 N–H and O–H groups in total. The smallest absolute Gasteiger partial charge is 0.0657 e. The summed E-state index contributed by atoms with van der Waals surface area (Å²) < 4.78 is 0. The average Bonchev–Trinajstić information content (AvgIpc) is 2.09. The van der Waals surface area contributed by atoms with E-state index < -0.39 is 5.60 Å². The van der Waals surface area contributed by atoms with Crippen molar-refractivity contribution in [1.29, 1.82) is 0 Å². The predicted molar refractivity (Wildman–Crippen MR) is 56.1 cm³/mol. The van der Waals surface area contributed by atoms with Crippen molar-refractivity contribution in [2.45, 2.75) is 32.3 Å². The van der Waals surface area contributed by atoms with Crippen LogP contribution in [-0.4, -0.2) is 10.7 Å². The molecule has 0 aliphatic heterocycles. The zero-order valence-corrected chi connectivity index (χ0v) is 8.80. The van der Waals surface area contributed by atoms with Crippen LogP contribution >= 0.6 is 11.6 Å². The minimum absolute atomic E-state index is 0.603. The third kappa shape index (κ3) is 3.37. The summed E-state index contributed by atoms with van der Waals surface area (Å²) in [6.45, 7) is 3.83. The fourth-order valence-corrected chi connectivity index (χ4v) is 1.29. The van der Waals surface area contributed by atoms with E-state index in [9.17, 15) is 5.11 Å². The first-order valence-electron chi connectivity index (χ1n) is 4.50. The second-order valence-corrected chi connectivity index (χ2v) is 4.09. The van der Waals surface area contributed by atoms with Crippen LogP contribution in [0.15, 0.2) is 24.3 Å². The molecule has 0 radical (unpaired) electrons. The van der Waals surface area contributed by atoms with Gasteiger partial charge in [0.2, 0.25) is 0 Å². The van der Waals surface area contributed by atoms with E-state index in [4.69, 9.17) is 11.6 Å². The van der Waals surface area contributed by atoms with Crippen LogP contribution in [0.25, 0.3) is 0 Å². The number of halogens is 1. The quantitative estimate of drug-likeness (QED) is 0.792. The van der Waals surface area contributed by atoms with Crippen LogP contribution < -0.4 is 0 Å². The fraction of sp³-hybridized carbons (Fsp3) is 0.455. The molecule has 13 heavy (non-hydrogen) atoms. The summed E-state index contributed by atoms with van der Waals surface area (Å²) in [5.41, 5.74) is 0.518. The molecule has 0 saturated carbocycles. The third-order valence-corrected chi connectivity index (χ3v) is 2.51. The lowest BCUT2D eigenvalue weighted by Crippen LogP contribution is -2.25. The molecule has 2 heteroatoms. The second-order valence-electron chi connectivity index (χ2n) is 3.65. The summed E-state index contributed by atoms with van der Waals surface area (Å²) in [5, 5.41) is 10.5. The Hall–Kier alpha value is -0.530. The van der Waals surface area contributed by atoms with Crippen molar-refractivity contribution in [3.05, 3.63) is 34.9 Å². The molecule has 1 aromatic carbocycles. The number of aliphatic hydroxyl groups is 1. The molecule has 1 atom stereocenters. The van der Waals surface area contributed by atoms with Gasteiger partial charge in [0.15, 0.2) is 0 Å².